The molecular weight excluding hydrogens is 370 g/mol. The van der Waals surface area contributed by atoms with E-state index in [0.717, 1.165) is 40.7 Å². The molecule has 0 saturated carbocycles. The summed E-state index contributed by atoms with van der Waals surface area (Å²) < 4.78 is 10.3. The lowest BCUT2D eigenvalue weighted by Gasteiger charge is -2.27. The molecular formula is C22H23N3O4. The first kappa shape index (κ1) is 18.9. The largest absolute Gasteiger partial charge is 0.480 e. The number of carbonyl (C=O) groups is 2. The van der Waals surface area contributed by atoms with Gasteiger partial charge in [-0.2, -0.15) is 0 Å². The van der Waals surface area contributed by atoms with Gasteiger partial charge < -0.3 is 19.8 Å². The number of rotatable bonds is 5. The molecule has 0 saturated heterocycles. The molecule has 0 fully saturated rings. The van der Waals surface area contributed by atoms with E-state index in [9.17, 15) is 9.59 Å². The van der Waals surface area contributed by atoms with Crippen molar-refractivity contribution in [2.75, 3.05) is 25.2 Å². The maximum absolute atomic E-state index is 12.9. The Labute approximate surface area is 168 Å². The van der Waals surface area contributed by atoms with Crippen molar-refractivity contribution in [2.45, 2.75) is 19.4 Å². The van der Waals surface area contributed by atoms with Crippen LogP contribution in [0.3, 0.4) is 0 Å². The minimum atomic E-state index is -0.444. The van der Waals surface area contributed by atoms with Gasteiger partial charge in [-0.3, -0.25) is 4.90 Å². The van der Waals surface area contributed by atoms with E-state index in [-0.39, 0.29) is 12.6 Å². The van der Waals surface area contributed by atoms with Crippen molar-refractivity contribution in [1.29, 1.82) is 0 Å². The molecule has 0 bridgehead atoms. The number of ether oxygens (including phenoxy) is 2. The first-order chi connectivity index (χ1) is 14.2. The number of hydrogen-bond acceptors (Lipinski definition) is 4. The molecule has 1 aliphatic rings. The van der Waals surface area contributed by atoms with E-state index in [1.165, 1.54) is 7.11 Å². The molecule has 7 heteroatoms. The predicted molar refractivity (Wildman–Crippen MR) is 110 cm³/mol. The van der Waals surface area contributed by atoms with Crippen molar-refractivity contribution in [1.82, 2.24) is 10.3 Å². The van der Waals surface area contributed by atoms with Crippen LogP contribution < -0.4 is 15.0 Å². The number of esters is 1. The normalized spacial score (nSPS) is 13.1. The third-order valence-corrected chi connectivity index (χ3v) is 5.06. The number of aryl methyl sites for hydroxylation is 1. The summed E-state index contributed by atoms with van der Waals surface area (Å²) in [6.07, 6.45) is 1.75. The number of methoxy groups -OCH3 is 1. The lowest BCUT2D eigenvalue weighted by atomic mass is 10.0. The lowest BCUT2D eigenvalue weighted by Crippen LogP contribution is -2.42. The van der Waals surface area contributed by atoms with E-state index >= 15 is 0 Å². The number of hydrogen-bond donors (Lipinski definition) is 2. The number of H-pyrrole nitrogens is 1. The molecule has 1 aliphatic heterocycles. The number of aromatic nitrogens is 1. The van der Waals surface area contributed by atoms with Crippen LogP contribution in [0, 0.1) is 0 Å². The minimum absolute atomic E-state index is 0.140. The van der Waals surface area contributed by atoms with E-state index < -0.39 is 5.97 Å². The summed E-state index contributed by atoms with van der Waals surface area (Å²) in [5.41, 5.74) is 2.92. The van der Waals surface area contributed by atoms with E-state index in [2.05, 4.69) is 15.0 Å². The summed E-state index contributed by atoms with van der Waals surface area (Å²) in [6.45, 7) is 0.943. The van der Waals surface area contributed by atoms with Gasteiger partial charge in [-0.1, -0.05) is 42.5 Å². The molecule has 4 rings (SSSR count). The Balaban J connectivity index is 1.58. The Morgan fingerprint density at radius 1 is 1.14 bits per heavy atom. The van der Waals surface area contributed by atoms with Crippen LogP contribution >= 0.6 is 0 Å². The molecule has 3 aromatic rings. The fourth-order valence-electron chi connectivity index (χ4n) is 3.63. The van der Waals surface area contributed by atoms with Gasteiger partial charge >= 0.3 is 12.0 Å². The molecule has 29 heavy (non-hydrogen) atoms. The van der Waals surface area contributed by atoms with Crippen LogP contribution in [0.25, 0.3) is 10.9 Å². The molecule has 7 nitrogen and oxygen atoms in total. The molecule has 150 valence electrons. The Hall–Kier alpha value is -3.48. The van der Waals surface area contributed by atoms with Gasteiger partial charge in [0.2, 0.25) is 0 Å². The number of nitrogens with zero attached hydrogens (tertiary/aromatic N) is 1. The highest BCUT2D eigenvalue weighted by Crippen LogP contribution is 2.37. The van der Waals surface area contributed by atoms with Gasteiger partial charge in [-0.05, 0) is 24.5 Å². The average molecular weight is 393 g/mol. The number of aromatic amines is 1. The highest BCUT2D eigenvalue weighted by atomic mass is 16.6. The summed E-state index contributed by atoms with van der Waals surface area (Å²) in [6, 6.07) is 15.4. The Morgan fingerprint density at radius 3 is 2.76 bits per heavy atom. The van der Waals surface area contributed by atoms with Crippen molar-refractivity contribution < 1.29 is 19.1 Å². The molecule has 2 amide bonds. The standard InChI is InChI=1S/C22H23N3O4/c1-28-19(26)14-29-18-11-5-9-16-17-10-6-12-25(21(17)24-20(16)18)22(27)23-13-15-7-3-2-4-8-15/h2-5,7-9,11,24H,6,10,12-14H2,1H3,(H,23,27). The average Bonchev–Trinajstić information content (AvgIpc) is 3.16. The molecule has 1 aromatic heterocycles. The molecule has 2 N–H and O–H groups in total. The first-order valence-corrected chi connectivity index (χ1v) is 9.60. The molecule has 0 spiro atoms. The zero-order valence-electron chi connectivity index (χ0n) is 16.2. The monoisotopic (exact) mass is 393 g/mol. The Kier molecular flexibility index (Phi) is 5.37. The van der Waals surface area contributed by atoms with Crippen molar-refractivity contribution in [3.8, 4) is 5.75 Å². The molecule has 2 heterocycles. The fraction of sp³-hybridized carbons (Fsp3) is 0.273. The van der Waals surface area contributed by atoms with Gasteiger partial charge in [0.05, 0.1) is 12.6 Å². The van der Waals surface area contributed by atoms with Gasteiger partial charge in [0, 0.05) is 24.0 Å². The number of anilines is 1. The highest BCUT2D eigenvalue weighted by molar-refractivity contribution is 6.00. The molecule has 2 aromatic carbocycles. The van der Waals surface area contributed by atoms with Crippen LogP contribution in [0.5, 0.6) is 5.75 Å². The number of fused-ring (bicyclic) bond motifs is 3. The zero-order valence-corrected chi connectivity index (χ0v) is 16.2. The number of benzene rings is 2. The van der Waals surface area contributed by atoms with E-state index in [1.54, 1.807) is 11.0 Å². The summed E-state index contributed by atoms with van der Waals surface area (Å²) in [7, 11) is 1.32. The fourth-order valence-corrected chi connectivity index (χ4v) is 3.63. The van der Waals surface area contributed by atoms with E-state index in [1.807, 2.05) is 42.5 Å². The van der Waals surface area contributed by atoms with Gasteiger partial charge in [0.15, 0.2) is 6.61 Å². The molecule has 0 atom stereocenters. The second kappa shape index (κ2) is 8.26. The van der Waals surface area contributed by atoms with Crippen LogP contribution in [-0.4, -0.2) is 37.2 Å². The van der Waals surface area contributed by atoms with Crippen LogP contribution in [0.15, 0.2) is 48.5 Å². The highest BCUT2D eigenvalue weighted by Gasteiger charge is 2.27. The van der Waals surface area contributed by atoms with Crippen molar-refractivity contribution in [2.24, 2.45) is 0 Å². The maximum Gasteiger partial charge on any atom is 0.343 e. The lowest BCUT2D eigenvalue weighted by molar-refractivity contribution is -0.142. The summed E-state index contributed by atoms with van der Waals surface area (Å²) >= 11 is 0. The van der Waals surface area contributed by atoms with Crippen LogP contribution in [-0.2, 0) is 22.5 Å². The Morgan fingerprint density at radius 2 is 1.97 bits per heavy atom. The SMILES string of the molecule is COC(=O)COc1cccc2c3c([nH]c12)N(C(=O)NCc1ccccc1)CCC3. The number of urea groups is 1. The van der Waals surface area contributed by atoms with Crippen LogP contribution in [0.4, 0.5) is 10.6 Å². The molecule has 0 unspecified atom stereocenters. The molecule has 0 radical (unpaired) electrons. The van der Waals surface area contributed by atoms with Crippen LogP contribution in [0.2, 0.25) is 0 Å². The van der Waals surface area contributed by atoms with E-state index in [4.69, 9.17) is 4.74 Å². The van der Waals surface area contributed by atoms with Crippen molar-refractivity contribution in [3.63, 3.8) is 0 Å². The second-order valence-corrected chi connectivity index (χ2v) is 6.90. The summed E-state index contributed by atoms with van der Waals surface area (Å²) in [5, 5.41) is 3.99. The topological polar surface area (TPSA) is 83.7 Å². The zero-order chi connectivity index (χ0) is 20.2. The first-order valence-electron chi connectivity index (χ1n) is 9.60. The van der Waals surface area contributed by atoms with Gasteiger partial charge in [-0.15, -0.1) is 0 Å². The molecule has 0 aliphatic carbocycles. The van der Waals surface area contributed by atoms with Gasteiger partial charge in [0.25, 0.3) is 0 Å². The summed E-state index contributed by atoms with van der Waals surface area (Å²) in [5.74, 6) is 0.901. The van der Waals surface area contributed by atoms with Crippen LogP contribution in [0.1, 0.15) is 17.5 Å². The van der Waals surface area contributed by atoms with Gasteiger partial charge in [-0.25, -0.2) is 9.59 Å². The summed E-state index contributed by atoms with van der Waals surface area (Å²) in [4.78, 5) is 29.4. The van der Waals surface area contributed by atoms with Crippen molar-refractivity contribution >= 4 is 28.7 Å². The quantitative estimate of drug-likeness (QED) is 0.651. The third kappa shape index (κ3) is 3.89. The number of nitrogens with one attached hydrogen (secondary N) is 2. The number of carbonyl (C=O) groups excluding carboxylic acids is 2. The third-order valence-electron chi connectivity index (χ3n) is 5.06. The maximum atomic E-state index is 12.9. The Bertz CT molecular complexity index is 1030. The minimum Gasteiger partial charge on any atom is -0.480 e. The van der Waals surface area contributed by atoms with Crippen molar-refractivity contribution in [3.05, 3.63) is 59.7 Å². The van der Waals surface area contributed by atoms with Gasteiger partial charge in [0.1, 0.15) is 11.6 Å². The van der Waals surface area contributed by atoms with E-state index in [0.29, 0.717) is 18.8 Å². The number of para-hydroxylation sites is 1. The smallest absolute Gasteiger partial charge is 0.343 e. The second-order valence-electron chi connectivity index (χ2n) is 6.90. The predicted octanol–water partition coefficient (Wildman–Crippen LogP) is 3.38. The number of amides is 2.